The molecule has 114 valence electrons. The topological polar surface area (TPSA) is 50.5 Å². The maximum atomic E-state index is 12.2. The summed E-state index contributed by atoms with van der Waals surface area (Å²) in [6, 6.07) is 17.0. The van der Waals surface area contributed by atoms with Crippen molar-refractivity contribution in [2.24, 2.45) is 0 Å². The summed E-state index contributed by atoms with van der Waals surface area (Å²) < 4.78 is 32.4. The maximum Gasteiger partial charge on any atom is 0.234 e. The van der Waals surface area contributed by atoms with Crippen LogP contribution in [0.3, 0.4) is 0 Å². The summed E-state index contributed by atoms with van der Waals surface area (Å²) in [7, 11) is -3.45. The third kappa shape index (κ3) is 2.98. The van der Waals surface area contributed by atoms with Gasteiger partial charge < -0.3 is 4.42 Å². The normalized spacial score (nSPS) is 11.7. The molecule has 0 N–H and O–H groups in total. The fraction of sp³-hybridized carbons (Fsp3) is 0.125. The Hall–Kier alpha value is -1.54. The lowest BCUT2D eigenvalue weighted by Gasteiger charge is -2.20. The van der Waals surface area contributed by atoms with E-state index in [1.54, 1.807) is 0 Å². The van der Waals surface area contributed by atoms with Gasteiger partial charge >= 0.3 is 0 Å². The highest BCUT2D eigenvalue weighted by Gasteiger charge is 2.25. The zero-order valence-electron chi connectivity index (χ0n) is 11.9. The molecule has 0 saturated carbocycles. The van der Waals surface area contributed by atoms with Crippen LogP contribution in [0.2, 0.25) is 0 Å². The molecular formula is C16H14INO3S. The molecule has 0 aliphatic rings. The van der Waals surface area contributed by atoms with Gasteiger partial charge in [0, 0.05) is 5.39 Å². The molecule has 0 bridgehead atoms. The molecule has 0 amide bonds. The second kappa shape index (κ2) is 5.92. The third-order valence-corrected chi connectivity index (χ3v) is 5.45. The molecule has 22 heavy (non-hydrogen) atoms. The quantitative estimate of drug-likeness (QED) is 0.592. The van der Waals surface area contributed by atoms with Crippen molar-refractivity contribution in [3.05, 3.63) is 63.7 Å². The number of nitrogens with zero attached hydrogens (tertiary/aromatic N) is 1. The van der Waals surface area contributed by atoms with Gasteiger partial charge in [0.15, 0.2) is 0 Å². The van der Waals surface area contributed by atoms with Crippen LogP contribution >= 0.6 is 22.6 Å². The predicted molar refractivity (Wildman–Crippen MR) is 96.4 cm³/mol. The van der Waals surface area contributed by atoms with Crippen molar-refractivity contribution in [2.45, 2.75) is 6.54 Å². The fourth-order valence-corrected chi connectivity index (χ4v) is 4.07. The third-order valence-electron chi connectivity index (χ3n) is 3.31. The van der Waals surface area contributed by atoms with Crippen LogP contribution in [0.25, 0.3) is 11.0 Å². The molecule has 6 heteroatoms. The van der Waals surface area contributed by atoms with E-state index < -0.39 is 10.0 Å². The molecule has 3 aromatic rings. The zero-order chi connectivity index (χ0) is 15.7. The lowest BCUT2D eigenvalue weighted by molar-refractivity contribution is 0.574. The highest BCUT2D eigenvalue weighted by Crippen LogP contribution is 2.35. The van der Waals surface area contributed by atoms with E-state index in [1.807, 2.05) is 54.6 Å². The van der Waals surface area contributed by atoms with Crippen molar-refractivity contribution in [1.29, 1.82) is 0 Å². The Kier molecular flexibility index (Phi) is 4.14. The highest BCUT2D eigenvalue weighted by atomic mass is 127. The van der Waals surface area contributed by atoms with Gasteiger partial charge in [0.2, 0.25) is 15.9 Å². The first-order valence-corrected chi connectivity index (χ1v) is 9.58. The largest absolute Gasteiger partial charge is 0.438 e. The number of sulfonamides is 1. The van der Waals surface area contributed by atoms with Gasteiger partial charge in [-0.3, -0.25) is 0 Å². The van der Waals surface area contributed by atoms with Crippen molar-refractivity contribution in [3.8, 4) is 0 Å². The van der Waals surface area contributed by atoms with E-state index in [0.717, 1.165) is 14.5 Å². The van der Waals surface area contributed by atoms with Crippen LogP contribution in [0.1, 0.15) is 5.56 Å². The van der Waals surface area contributed by atoms with E-state index in [0.29, 0.717) is 11.5 Å². The second-order valence-corrected chi connectivity index (χ2v) is 7.96. The molecule has 1 heterocycles. The standard InChI is InChI=1S/C16H14INO3S/c1-22(19,20)18(11-12-7-3-2-4-8-12)16-15(17)13-9-5-6-10-14(13)21-16/h2-10H,11H2,1H3. The summed E-state index contributed by atoms with van der Waals surface area (Å²) in [6.07, 6.45) is 1.19. The number of fused-ring (bicyclic) bond motifs is 1. The Labute approximate surface area is 142 Å². The molecule has 2 aromatic carbocycles. The van der Waals surface area contributed by atoms with Crippen molar-refractivity contribution in [1.82, 2.24) is 0 Å². The lowest BCUT2D eigenvalue weighted by atomic mass is 10.2. The van der Waals surface area contributed by atoms with Crippen LogP contribution < -0.4 is 4.31 Å². The SMILES string of the molecule is CS(=O)(=O)N(Cc1ccccc1)c1oc2ccccc2c1I. The number of furan rings is 1. The van der Waals surface area contributed by atoms with Gasteiger partial charge in [-0.25, -0.2) is 12.7 Å². The Morgan fingerprint density at radius 1 is 1.05 bits per heavy atom. The molecule has 3 rings (SSSR count). The molecule has 1 aromatic heterocycles. The number of anilines is 1. The van der Waals surface area contributed by atoms with E-state index in [1.165, 1.54) is 10.6 Å². The number of hydrogen-bond acceptors (Lipinski definition) is 3. The monoisotopic (exact) mass is 427 g/mol. The highest BCUT2D eigenvalue weighted by molar-refractivity contribution is 14.1. The minimum atomic E-state index is -3.45. The molecular weight excluding hydrogens is 413 g/mol. The summed E-state index contributed by atoms with van der Waals surface area (Å²) >= 11 is 2.13. The van der Waals surface area contributed by atoms with Crippen LogP contribution in [0.15, 0.2) is 59.0 Å². The van der Waals surface area contributed by atoms with Gasteiger partial charge in [0.25, 0.3) is 0 Å². The smallest absolute Gasteiger partial charge is 0.234 e. The van der Waals surface area contributed by atoms with Gasteiger partial charge in [-0.1, -0.05) is 42.5 Å². The van der Waals surface area contributed by atoms with E-state index in [-0.39, 0.29) is 6.54 Å². The van der Waals surface area contributed by atoms with E-state index >= 15 is 0 Å². The van der Waals surface area contributed by atoms with Crippen molar-refractivity contribution < 1.29 is 12.8 Å². The molecule has 4 nitrogen and oxygen atoms in total. The van der Waals surface area contributed by atoms with Crippen LogP contribution in [-0.4, -0.2) is 14.7 Å². The van der Waals surface area contributed by atoms with Gasteiger partial charge in [-0.2, -0.15) is 0 Å². The van der Waals surface area contributed by atoms with E-state index in [2.05, 4.69) is 22.6 Å². The Bertz CT molecular complexity index is 904. The molecule has 0 unspecified atom stereocenters. The van der Waals surface area contributed by atoms with E-state index in [9.17, 15) is 8.42 Å². The predicted octanol–water partition coefficient (Wildman–Crippen LogP) is 4.00. The van der Waals surface area contributed by atoms with Crippen molar-refractivity contribution in [3.63, 3.8) is 0 Å². The van der Waals surface area contributed by atoms with E-state index in [4.69, 9.17) is 4.42 Å². The molecule has 0 atom stereocenters. The summed E-state index contributed by atoms with van der Waals surface area (Å²) in [4.78, 5) is 0. The van der Waals surface area contributed by atoms with Crippen LogP contribution in [0.4, 0.5) is 5.88 Å². The minimum Gasteiger partial charge on any atom is -0.438 e. The van der Waals surface area contributed by atoms with Gasteiger partial charge in [-0.15, -0.1) is 0 Å². The van der Waals surface area contributed by atoms with Crippen molar-refractivity contribution >= 4 is 49.5 Å². The average molecular weight is 427 g/mol. The molecule has 0 saturated heterocycles. The molecule has 0 spiro atoms. The maximum absolute atomic E-state index is 12.2. The molecule has 0 radical (unpaired) electrons. The van der Waals surface area contributed by atoms with Gasteiger partial charge in [0.1, 0.15) is 5.58 Å². The van der Waals surface area contributed by atoms with Crippen LogP contribution in [0, 0.1) is 3.57 Å². The second-order valence-electron chi connectivity index (χ2n) is 4.97. The number of halogens is 1. The minimum absolute atomic E-state index is 0.246. The lowest BCUT2D eigenvalue weighted by Crippen LogP contribution is -2.29. The summed E-state index contributed by atoms with van der Waals surface area (Å²) in [5, 5.41) is 0.916. The first-order chi connectivity index (χ1) is 10.5. The Morgan fingerprint density at radius 3 is 2.32 bits per heavy atom. The average Bonchev–Trinajstić information content (AvgIpc) is 2.82. The van der Waals surface area contributed by atoms with Gasteiger partial charge in [-0.05, 0) is 40.3 Å². The Morgan fingerprint density at radius 2 is 1.68 bits per heavy atom. The van der Waals surface area contributed by atoms with Crippen LogP contribution in [0.5, 0.6) is 0 Å². The molecule has 0 aliphatic heterocycles. The summed E-state index contributed by atoms with van der Waals surface area (Å²) in [5.41, 5.74) is 1.59. The number of benzene rings is 2. The number of rotatable bonds is 4. The first kappa shape index (κ1) is 15.4. The van der Waals surface area contributed by atoms with Crippen molar-refractivity contribution in [2.75, 3.05) is 10.6 Å². The van der Waals surface area contributed by atoms with Gasteiger partial charge in [0.05, 0.1) is 16.4 Å². The number of hydrogen-bond donors (Lipinski definition) is 0. The number of para-hydroxylation sites is 1. The first-order valence-electron chi connectivity index (χ1n) is 6.65. The fourth-order valence-electron chi connectivity index (χ4n) is 2.25. The zero-order valence-corrected chi connectivity index (χ0v) is 14.8. The summed E-state index contributed by atoms with van der Waals surface area (Å²) in [6.45, 7) is 0.246. The summed E-state index contributed by atoms with van der Waals surface area (Å²) in [5.74, 6) is 0.369. The molecule has 0 fully saturated rings. The van der Waals surface area contributed by atoms with Crippen LogP contribution in [-0.2, 0) is 16.6 Å². The Balaban J connectivity index is 2.11. The molecule has 0 aliphatic carbocycles.